The SMILES string of the molecule is O=C(NC1CCCc2c1[nH]c1cccc(Cl)c21)c1ccccn1. The molecular weight excluding hydrogens is 310 g/mol. The van der Waals surface area contributed by atoms with E-state index in [4.69, 9.17) is 11.6 Å². The van der Waals surface area contributed by atoms with Gasteiger partial charge in [-0.2, -0.15) is 0 Å². The van der Waals surface area contributed by atoms with Gasteiger partial charge < -0.3 is 10.3 Å². The molecule has 0 bridgehead atoms. The third kappa shape index (κ3) is 2.49. The average Bonchev–Trinajstić information content (AvgIpc) is 2.97. The largest absolute Gasteiger partial charge is 0.356 e. The zero-order chi connectivity index (χ0) is 15.8. The highest BCUT2D eigenvalue weighted by Crippen LogP contribution is 2.37. The molecule has 2 N–H and O–H groups in total. The maximum absolute atomic E-state index is 12.4. The van der Waals surface area contributed by atoms with E-state index in [0.29, 0.717) is 5.69 Å². The Balaban J connectivity index is 1.70. The second kappa shape index (κ2) is 5.70. The molecule has 2 heterocycles. The maximum Gasteiger partial charge on any atom is 0.270 e. The highest BCUT2D eigenvalue weighted by molar-refractivity contribution is 6.35. The van der Waals surface area contributed by atoms with Crippen molar-refractivity contribution in [2.75, 3.05) is 0 Å². The van der Waals surface area contributed by atoms with Crippen LogP contribution < -0.4 is 5.32 Å². The Labute approximate surface area is 138 Å². The van der Waals surface area contributed by atoms with Crippen LogP contribution in [-0.2, 0) is 6.42 Å². The van der Waals surface area contributed by atoms with Crippen molar-refractivity contribution in [2.24, 2.45) is 0 Å². The van der Waals surface area contributed by atoms with Crippen LogP contribution in [0.4, 0.5) is 0 Å². The van der Waals surface area contributed by atoms with Gasteiger partial charge in [0.1, 0.15) is 5.69 Å². The van der Waals surface area contributed by atoms with Crippen molar-refractivity contribution in [2.45, 2.75) is 25.3 Å². The number of pyridine rings is 1. The third-order valence-electron chi connectivity index (χ3n) is 4.38. The fourth-order valence-electron chi connectivity index (χ4n) is 3.35. The molecule has 4 nitrogen and oxygen atoms in total. The fraction of sp³-hybridized carbons (Fsp3) is 0.222. The fourth-order valence-corrected chi connectivity index (χ4v) is 3.64. The van der Waals surface area contributed by atoms with E-state index >= 15 is 0 Å². The van der Waals surface area contributed by atoms with E-state index in [0.717, 1.165) is 40.9 Å². The van der Waals surface area contributed by atoms with Gasteiger partial charge in [0.2, 0.25) is 0 Å². The normalized spacial score (nSPS) is 17.0. The number of fused-ring (bicyclic) bond motifs is 3. The van der Waals surface area contributed by atoms with Gasteiger partial charge in [-0.15, -0.1) is 0 Å². The number of aromatic nitrogens is 2. The summed E-state index contributed by atoms with van der Waals surface area (Å²) in [6.45, 7) is 0. The van der Waals surface area contributed by atoms with Crippen LogP contribution in [0.15, 0.2) is 42.6 Å². The minimum Gasteiger partial charge on any atom is -0.356 e. The number of hydrogen-bond acceptors (Lipinski definition) is 2. The van der Waals surface area contributed by atoms with Gasteiger partial charge in [-0.3, -0.25) is 9.78 Å². The van der Waals surface area contributed by atoms with Gasteiger partial charge in [-0.25, -0.2) is 0 Å². The second-order valence-electron chi connectivity index (χ2n) is 5.81. The van der Waals surface area contributed by atoms with Gasteiger partial charge in [0.25, 0.3) is 5.91 Å². The minimum absolute atomic E-state index is 0.0308. The molecule has 4 rings (SSSR count). The van der Waals surface area contributed by atoms with Crippen LogP contribution in [0.25, 0.3) is 10.9 Å². The van der Waals surface area contributed by atoms with Crippen molar-refractivity contribution in [1.29, 1.82) is 0 Å². The van der Waals surface area contributed by atoms with Gasteiger partial charge in [0.05, 0.1) is 11.1 Å². The quantitative estimate of drug-likeness (QED) is 0.747. The first kappa shape index (κ1) is 14.3. The molecule has 1 aliphatic carbocycles. The number of carbonyl (C=O) groups excluding carboxylic acids is 1. The Morgan fingerprint density at radius 1 is 1.26 bits per heavy atom. The number of aryl methyl sites for hydroxylation is 1. The standard InChI is InChI=1S/C18H16ClN3O/c19-12-6-4-8-13-16(12)11-5-3-9-14(17(11)21-13)22-18(23)15-7-1-2-10-20-15/h1-2,4,6-8,10,14,21H,3,5,9H2,(H,22,23). The molecule has 0 radical (unpaired) electrons. The third-order valence-corrected chi connectivity index (χ3v) is 4.70. The number of nitrogens with one attached hydrogen (secondary N) is 2. The van der Waals surface area contributed by atoms with Gasteiger partial charge in [0, 0.05) is 22.8 Å². The summed E-state index contributed by atoms with van der Waals surface area (Å²) < 4.78 is 0. The van der Waals surface area contributed by atoms with E-state index in [2.05, 4.69) is 15.3 Å². The summed E-state index contributed by atoms with van der Waals surface area (Å²) in [4.78, 5) is 19.9. The summed E-state index contributed by atoms with van der Waals surface area (Å²) in [5.74, 6) is -0.145. The molecule has 23 heavy (non-hydrogen) atoms. The molecule has 0 saturated heterocycles. The van der Waals surface area contributed by atoms with Gasteiger partial charge in [-0.05, 0) is 49.1 Å². The molecule has 0 fully saturated rings. The summed E-state index contributed by atoms with van der Waals surface area (Å²) in [6.07, 6.45) is 4.55. The van der Waals surface area contributed by atoms with Crippen molar-refractivity contribution in [3.05, 3.63) is 64.6 Å². The molecule has 1 unspecified atom stereocenters. The molecular formula is C18H16ClN3O. The highest BCUT2D eigenvalue weighted by atomic mass is 35.5. The first-order chi connectivity index (χ1) is 11.2. The van der Waals surface area contributed by atoms with Crippen molar-refractivity contribution in [3.63, 3.8) is 0 Å². The molecule has 1 aliphatic rings. The van der Waals surface area contributed by atoms with Crippen LogP contribution in [0.3, 0.4) is 0 Å². The smallest absolute Gasteiger partial charge is 0.270 e. The number of H-pyrrole nitrogens is 1. The lowest BCUT2D eigenvalue weighted by atomic mass is 9.91. The lowest BCUT2D eigenvalue weighted by Crippen LogP contribution is -2.31. The Bertz CT molecular complexity index is 873. The van der Waals surface area contributed by atoms with Gasteiger partial charge >= 0.3 is 0 Å². The van der Waals surface area contributed by atoms with E-state index in [-0.39, 0.29) is 11.9 Å². The van der Waals surface area contributed by atoms with E-state index in [1.807, 2.05) is 24.3 Å². The minimum atomic E-state index is -0.145. The number of aromatic amines is 1. The first-order valence-electron chi connectivity index (χ1n) is 7.75. The summed E-state index contributed by atoms with van der Waals surface area (Å²) in [6, 6.07) is 11.2. The molecule has 0 aliphatic heterocycles. The molecule has 3 aromatic rings. The van der Waals surface area contributed by atoms with E-state index in [1.54, 1.807) is 18.3 Å². The Morgan fingerprint density at radius 2 is 2.17 bits per heavy atom. The van der Waals surface area contributed by atoms with Crippen LogP contribution in [0.2, 0.25) is 5.02 Å². The molecule has 5 heteroatoms. The predicted molar refractivity (Wildman–Crippen MR) is 90.7 cm³/mol. The summed E-state index contributed by atoms with van der Waals surface area (Å²) in [5.41, 5.74) is 3.77. The zero-order valence-electron chi connectivity index (χ0n) is 12.5. The van der Waals surface area contributed by atoms with E-state index in [1.165, 1.54) is 5.56 Å². The monoisotopic (exact) mass is 325 g/mol. The lowest BCUT2D eigenvalue weighted by molar-refractivity contribution is 0.0927. The van der Waals surface area contributed by atoms with Crippen molar-refractivity contribution >= 4 is 28.4 Å². The average molecular weight is 326 g/mol. The van der Waals surface area contributed by atoms with Crippen molar-refractivity contribution < 1.29 is 4.79 Å². The predicted octanol–water partition coefficient (Wildman–Crippen LogP) is 4.02. The Morgan fingerprint density at radius 3 is 3.00 bits per heavy atom. The number of amides is 1. The lowest BCUT2D eigenvalue weighted by Gasteiger charge is -2.23. The summed E-state index contributed by atoms with van der Waals surface area (Å²) in [7, 11) is 0. The number of nitrogens with zero attached hydrogens (tertiary/aromatic N) is 1. The molecule has 0 spiro atoms. The van der Waals surface area contributed by atoms with Crippen LogP contribution in [0, 0.1) is 0 Å². The summed E-state index contributed by atoms with van der Waals surface area (Å²) in [5, 5.41) is 4.94. The number of hydrogen-bond donors (Lipinski definition) is 2. The molecule has 116 valence electrons. The summed E-state index contributed by atoms with van der Waals surface area (Å²) >= 11 is 6.37. The zero-order valence-corrected chi connectivity index (χ0v) is 13.2. The van der Waals surface area contributed by atoms with Gasteiger partial charge in [-0.1, -0.05) is 23.7 Å². The van der Waals surface area contributed by atoms with Crippen LogP contribution >= 0.6 is 11.6 Å². The highest BCUT2D eigenvalue weighted by Gasteiger charge is 2.26. The molecule has 0 saturated carbocycles. The Hall–Kier alpha value is -2.33. The number of carbonyl (C=O) groups is 1. The van der Waals surface area contributed by atoms with Crippen molar-refractivity contribution in [1.82, 2.24) is 15.3 Å². The molecule has 1 atom stereocenters. The second-order valence-corrected chi connectivity index (χ2v) is 6.22. The molecule has 1 amide bonds. The number of halogens is 1. The van der Waals surface area contributed by atoms with Crippen LogP contribution in [-0.4, -0.2) is 15.9 Å². The van der Waals surface area contributed by atoms with Crippen molar-refractivity contribution in [3.8, 4) is 0 Å². The number of benzene rings is 1. The number of rotatable bonds is 2. The van der Waals surface area contributed by atoms with Crippen LogP contribution in [0.5, 0.6) is 0 Å². The first-order valence-corrected chi connectivity index (χ1v) is 8.12. The Kier molecular flexibility index (Phi) is 3.54. The molecule has 1 aromatic carbocycles. The molecule has 2 aromatic heterocycles. The van der Waals surface area contributed by atoms with Crippen LogP contribution in [0.1, 0.15) is 40.6 Å². The topological polar surface area (TPSA) is 57.8 Å². The van der Waals surface area contributed by atoms with E-state index in [9.17, 15) is 4.79 Å². The van der Waals surface area contributed by atoms with Gasteiger partial charge in [0.15, 0.2) is 0 Å². The maximum atomic E-state index is 12.4. The van der Waals surface area contributed by atoms with E-state index < -0.39 is 0 Å².